The molecule has 0 aliphatic heterocycles. The molecular weight excluding hydrogens is 301 g/mol. The maximum Gasteiger partial charge on any atom is 0.252 e. The first-order valence-electron chi connectivity index (χ1n) is 5.62. The molecule has 5 heteroatoms. The fraction of sp³-hybridized carbons (Fsp3) is 0.231. The van der Waals surface area contributed by atoms with Crippen LogP contribution in [0.2, 0.25) is 0 Å². The summed E-state index contributed by atoms with van der Waals surface area (Å²) in [4.78, 5) is 23.0. The largest absolute Gasteiger partial charge is 0.302 e. The second-order valence-electron chi connectivity index (χ2n) is 4.41. The maximum absolute atomic E-state index is 14.2. The van der Waals surface area contributed by atoms with E-state index in [4.69, 9.17) is 0 Å². The molecule has 0 unspecified atom stereocenters. The van der Waals surface area contributed by atoms with Crippen molar-refractivity contribution < 1.29 is 9.18 Å². The predicted octanol–water partition coefficient (Wildman–Crippen LogP) is 3.05. The highest BCUT2D eigenvalue weighted by Crippen LogP contribution is 2.37. The van der Waals surface area contributed by atoms with Gasteiger partial charge in [0, 0.05) is 23.1 Å². The lowest BCUT2D eigenvalue weighted by molar-refractivity contribution is 0.112. The molecule has 0 bridgehead atoms. The predicted molar refractivity (Wildman–Crippen MR) is 69.5 cm³/mol. The van der Waals surface area contributed by atoms with Crippen molar-refractivity contribution in [3.05, 3.63) is 44.4 Å². The molecule has 92 valence electrons. The summed E-state index contributed by atoms with van der Waals surface area (Å²) in [5, 5.41) is 0.484. The summed E-state index contributed by atoms with van der Waals surface area (Å²) in [6.45, 7) is 0. The molecule has 0 amide bonds. The molecule has 1 aliphatic rings. The van der Waals surface area contributed by atoms with Gasteiger partial charge in [-0.05, 0) is 34.8 Å². The monoisotopic (exact) mass is 309 g/mol. The molecule has 1 aliphatic carbocycles. The van der Waals surface area contributed by atoms with Crippen molar-refractivity contribution in [2.75, 3.05) is 0 Å². The quantitative estimate of drug-likeness (QED) is 0.800. The summed E-state index contributed by atoms with van der Waals surface area (Å²) < 4.78 is 16.0. The Morgan fingerprint density at radius 1 is 1.39 bits per heavy atom. The van der Waals surface area contributed by atoms with Crippen molar-refractivity contribution in [2.24, 2.45) is 0 Å². The highest BCUT2D eigenvalue weighted by molar-refractivity contribution is 9.10. The summed E-state index contributed by atoms with van der Waals surface area (Å²) >= 11 is 3.11. The summed E-state index contributed by atoms with van der Waals surface area (Å²) in [5.41, 5.74) is 0.142. The van der Waals surface area contributed by atoms with E-state index >= 15 is 0 Å². The van der Waals surface area contributed by atoms with Crippen molar-refractivity contribution in [2.45, 2.75) is 18.9 Å². The molecule has 3 nitrogen and oxygen atoms in total. The van der Waals surface area contributed by atoms with Gasteiger partial charge >= 0.3 is 0 Å². The van der Waals surface area contributed by atoms with Gasteiger partial charge in [0.15, 0.2) is 12.1 Å². The summed E-state index contributed by atoms with van der Waals surface area (Å²) in [6, 6.07) is 4.54. The number of aldehydes is 1. The molecule has 0 radical (unpaired) electrons. The average Bonchev–Trinajstić information content (AvgIpc) is 3.17. The zero-order valence-corrected chi connectivity index (χ0v) is 10.9. The number of benzene rings is 1. The van der Waals surface area contributed by atoms with Crippen LogP contribution in [-0.2, 0) is 0 Å². The second-order valence-corrected chi connectivity index (χ2v) is 5.27. The third kappa shape index (κ3) is 1.61. The summed E-state index contributed by atoms with van der Waals surface area (Å²) in [7, 11) is 0. The third-order valence-electron chi connectivity index (χ3n) is 3.18. The van der Waals surface area contributed by atoms with Gasteiger partial charge in [-0.3, -0.25) is 9.59 Å². The van der Waals surface area contributed by atoms with Crippen molar-refractivity contribution >= 4 is 33.1 Å². The normalized spacial score (nSPS) is 15.0. The van der Waals surface area contributed by atoms with Gasteiger partial charge in [-0.15, -0.1) is 0 Å². The molecular formula is C13H9BrFNO2. The minimum Gasteiger partial charge on any atom is -0.302 e. The molecule has 18 heavy (non-hydrogen) atoms. The number of halogens is 2. The minimum absolute atomic E-state index is 0.0597. The fourth-order valence-corrected chi connectivity index (χ4v) is 2.51. The molecule has 0 spiro atoms. The van der Waals surface area contributed by atoms with Crippen LogP contribution >= 0.6 is 15.9 Å². The van der Waals surface area contributed by atoms with Crippen molar-refractivity contribution in [1.82, 2.24) is 4.57 Å². The van der Waals surface area contributed by atoms with Gasteiger partial charge in [-0.2, -0.15) is 0 Å². The van der Waals surface area contributed by atoms with Gasteiger partial charge in [0.05, 0.1) is 9.99 Å². The van der Waals surface area contributed by atoms with Crippen LogP contribution in [0.4, 0.5) is 4.39 Å². The first-order valence-corrected chi connectivity index (χ1v) is 6.41. The van der Waals surface area contributed by atoms with Gasteiger partial charge in [0.1, 0.15) is 0 Å². The standard InChI is InChI=1S/C13H9BrFNO2/c14-10-4-3-9-7(6-17)5-11(18)16(8-1-2-8)13(9)12(10)15/h3-6,8H,1-2H2. The molecule has 2 aromatic rings. The third-order valence-corrected chi connectivity index (χ3v) is 3.79. The number of hydrogen-bond acceptors (Lipinski definition) is 2. The zero-order valence-electron chi connectivity index (χ0n) is 9.32. The van der Waals surface area contributed by atoms with Crippen LogP contribution in [0.1, 0.15) is 29.2 Å². The summed E-state index contributed by atoms with van der Waals surface area (Å²) in [5.74, 6) is -0.486. The van der Waals surface area contributed by atoms with E-state index in [1.54, 1.807) is 12.1 Å². The number of fused-ring (bicyclic) bond motifs is 1. The number of carbonyl (C=O) groups is 1. The summed E-state index contributed by atoms with van der Waals surface area (Å²) in [6.07, 6.45) is 2.34. The van der Waals surface area contributed by atoms with Gasteiger partial charge in [-0.1, -0.05) is 6.07 Å². The van der Waals surface area contributed by atoms with Crippen LogP contribution in [0.25, 0.3) is 10.9 Å². The van der Waals surface area contributed by atoms with Crippen LogP contribution in [0.5, 0.6) is 0 Å². The lowest BCUT2D eigenvalue weighted by atomic mass is 10.1. The molecule has 0 atom stereocenters. The topological polar surface area (TPSA) is 39.1 Å². The Bertz CT molecular complexity index is 719. The van der Waals surface area contributed by atoms with Crippen LogP contribution in [0.15, 0.2) is 27.5 Å². The number of rotatable bonds is 2. The number of carbonyl (C=O) groups excluding carboxylic acids is 1. The van der Waals surface area contributed by atoms with E-state index in [0.717, 1.165) is 12.8 Å². The number of aromatic nitrogens is 1. The second kappa shape index (κ2) is 4.02. The Kier molecular flexibility index (Phi) is 2.59. The number of hydrogen-bond donors (Lipinski definition) is 0. The van der Waals surface area contributed by atoms with Gasteiger partial charge in [-0.25, -0.2) is 4.39 Å². The molecule has 1 fully saturated rings. The Labute approximate surface area is 110 Å². The Morgan fingerprint density at radius 3 is 2.72 bits per heavy atom. The lowest BCUT2D eigenvalue weighted by Gasteiger charge is -2.12. The molecule has 1 aromatic heterocycles. The smallest absolute Gasteiger partial charge is 0.252 e. The van der Waals surface area contributed by atoms with E-state index in [-0.39, 0.29) is 22.7 Å². The van der Waals surface area contributed by atoms with Gasteiger partial charge in [0.2, 0.25) is 0 Å². The maximum atomic E-state index is 14.2. The highest BCUT2D eigenvalue weighted by atomic mass is 79.9. The van der Waals surface area contributed by atoms with Crippen LogP contribution < -0.4 is 5.56 Å². The van der Waals surface area contributed by atoms with Crippen LogP contribution in [-0.4, -0.2) is 10.9 Å². The molecule has 1 saturated carbocycles. The van der Waals surface area contributed by atoms with E-state index in [1.165, 1.54) is 10.6 Å². The molecule has 1 aromatic carbocycles. The lowest BCUT2D eigenvalue weighted by Crippen LogP contribution is -2.20. The van der Waals surface area contributed by atoms with E-state index in [9.17, 15) is 14.0 Å². The van der Waals surface area contributed by atoms with E-state index in [0.29, 0.717) is 16.1 Å². The number of pyridine rings is 1. The van der Waals surface area contributed by atoms with Crippen molar-refractivity contribution in [1.29, 1.82) is 0 Å². The Morgan fingerprint density at radius 2 is 2.11 bits per heavy atom. The Balaban J connectivity index is 2.53. The SMILES string of the molecule is O=Cc1cc(=O)n(C2CC2)c2c(F)c(Br)ccc12. The van der Waals surface area contributed by atoms with Crippen molar-refractivity contribution in [3.8, 4) is 0 Å². The fourth-order valence-electron chi connectivity index (χ4n) is 2.19. The molecule has 3 rings (SSSR count). The zero-order chi connectivity index (χ0) is 12.9. The van der Waals surface area contributed by atoms with Gasteiger partial charge in [0.25, 0.3) is 5.56 Å². The number of nitrogens with zero attached hydrogens (tertiary/aromatic N) is 1. The Hall–Kier alpha value is -1.49. The molecule has 0 saturated heterocycles. The van der Waals surface area contributed by atoms with Crippen LogP contribution in [0, 0.1) is 5.82 Å². The minimum atomic E-state index is -0.486. The van der Waals surface area contributed by atoms with E-state index < -0.39 is 5.82 Å². The molecule has 0 N–H and O–H groups in total. The van der Waals surface area contributed by atoms with Crippen LogP contribution in [0.3, 0.4) is 0 Å². The van der Waals surface area contributed by atoms with E-state index in [2.05, 4.69) is 15.9 Å². The first kappa shape index (κ1) is 11.6. The highest BCUT2D eigenvalue weighted by Gasteiger charge is 2.28. The van der Waals surface area contributed by atoms with Crippen molar-refractivity contribution in [3.63, 3.8) is 0 Å². The molecule has 1 heterocycles. The first-order chi connectivity index (χ1) is 8.63. The van der Waals surface area contributed by atoms with E-state index in [1.807, 2.05) is 0 Å². The van der Waals surface area contributed by atoms with Gasteiger partial charge < -0.3 is 4.57 Å². The average molecular weight is 310 g/mol.